The van der Waals surface area contributed by atoms with Gasteiger partial charge in [0.25, 0.3) is 0 Å². The van der Waals surface area contributed by atoms with Crippen molar-refractivity contribution in [2.75, 3.05) is 13.1 Å². The molecule has 2 N–H and O–H groups in total. The van der Waals surface area contributed by atoms with Gasteiger partial charge in [-0.3, -0.25) is 4.90 Å². The van der Waals surface area contributed by atoms with Crippen molar-refractivity contribution in [3.63, 3.8) is 0 Å². The fourth-order valence-corrected chi connectivity index (χ4v) is 3.64. The number of nitrogens with two attached hydrogens (primary N) is 1. The van der Waals surface area contributed by atoms with Crippen molar-refractivity contribution < 1.29 is 0 Å². The number of rotatable bonds is 4. The molecule has 1 saturated heterocycles. The van der Waals surface area contributed by atoms with Crippen LogP contribution in [0.3, 0.4) is 0 Å². The molecule has 0 amide bonds. The number of benzene rings is 2. The molecule has 1 aliphatic heterocycles. The van der Waals surface area contributed by atoms with Gasteiger partial charge in [0, 0.05) is 25.7 Å². The summed E-state index contributed by atoms with van der Waals surface area (Å²) in [7, 11) is 0. The van der Waals surface area contributed by atoms with Crippen LogP contribution in [0.4, 0.5) is 0 Å². The summed E-state index contributed by atoms with van der Waals surface area (Å²) in [6, 6.07) is 19.9. The van der Waals surface area contributed by atoms with E-state index in [0.29, 0.717) is 12.0 Å². The molecule has 0 radical (unpaired) electrons. The smallest absolute Gasteiger partial charge is 0.0234 e. The first-order valence-corrected chi connectivity index (χ1v) is 8.26. The molecule has 2 heteroatoms. The topological polar surface area (TPSA) is 29.3 Å². The molecule has 1 heterocycles. The summed E-state index contributed by atoms with van der Waals surface area (Å²) in [5.41, 5.74) is 10.5. The Morgan fingerprint density at radius 2 is 1.77 bits per heavy atom. The zero-order chi connectivity index (χ0) is 15.4. The van der Waals surface area contributed by atoms with Crippen LogP contribution in [0.15, 0.2) is 54.6 Å². The number of piperidine rings is 1. The molecule has 2 atom stereocenters. The van der Waals surface area contributed by atoms with E-state index >= 15 is 0 Å². The van der Waals surface area contributed by atoms with Crippen molar-refractivity contribution in [2.24, 2.45) is 11.7 Å². The monoisotopic (exact) mass is 294 g/mol. The van der Waals surface area contributed by atoms with Crippen molar-refractivity contribution in [3.8, 4) is 0 Å². The average molecular weight is 294 g/mol. The number of likely N-dealkylation sites (tertiary alicyclic amines) is 1. The molecule has 0 saturated carbocycles. The second-order valence-electron chi connectivity index (χ2n) is 6.73. The number of hydrogen-bond acceptors (Lipinski definition) is 2. The predicted molar refractivity (Wildman–Crippen MR) is 92.7 cm³/mol. The highest BCUT2D eigenvalue weighted by atomic mass is 15.1. The SMILES string of the molecule is Cc1cccc(CN2CC(N)CC(Cc3ccccc3)C2)c1. The lowest BCUT2D eigenvalue weighted by molar-refractivity contribution is 0.149. The van der Waals surface area contributed by atoms with Gasteiger partial charge in [0.2, 0.25) is 0 Å². The molecule has 116 valence electrons. The van der Waals surface area contributed by atoms with Crippen LogP contribution in [0, 0.1) is 12.8 Å². The first-order valence-electron chi connectivity index (χ1n) is 8.26. The van der Waals surface area contributed by atoms with Gasteiger partial charge in [-0.1, -0.05) is 60.2 Å². The molecule has 1 aliphatic rings. The number of aryl methyl sites for hydroxylation is 1. The highest BCUT2D eigenvalue weighted by Crippen LogP contribution is 2.22. The molecular formula is C20H26N2. The Balaban J connectivity index is 1.63. The molecule has 0 spiro atoms. The minimum Gasteiger partial charge on any atom is -0.327 e. The molecule has 2 unspecified atom stereocenters. The Morgan fingerprint density at radius 3 is 2.55 bits per heavy atom. The molecule has 1 fully saturated rings. The maximum atomic E-state index is 6.31. The van der Waals surface area contributed by atoms with Crippen LogP contribution < -0.4 is 5.73 Å². The van der Waals surface area contributed by atoms with Crippen LogP contribution in [0.25, 0.3) is 0 Å². The molecule has 0 aromatic heterocycles. The number of hydrogen-bond donors (Lipinski definition) is 1. The minimum atomic E-state index is 0.298. The molecule has 0 bridgehead atoms. The van der Waals surface area contributed by atoms with Gasteiger partial charge in [-0.25, -0.2) is 0 Å². The molecule has 0 aliphatic carbocycles. The van der Waals surface area contributed by atoms with Crippen LogP contribution in [0.5, 0.6) is 0 Å². The first kappa shape index (κ1) is 15.3. The van der Waals surface area contributed by atoms with Crippen molar-refractivity contribution in [2.45, 2.75) is 32.4 Å². The van der Waals surface area contributed by atoms with E-state index in [9.17, 15) is 0 Å². The fraction of sp³-hybridized carbons (Fsp3) is 0.400. The summed E-state index contributed by atoms with van der Waals surface area (Å²) < 4.78 is 0. The standard InChI is InChI=1S/C20H26N2/c1-16-6-5-9-18(10-16)13-22-14-19(12-20(21)15-22)11-17-7-3-2-4-8-17/h2-10,19-20H,11-15,21H2,1H3. The van der Waals surface area contributed by atoms with E-state index < -0.39 is 0 Å². The van der Waals surface area contributed by atoms with Gasteiger partial charge in [-0.05, 0) is 36.8 Å². The van der Waals surface area contributed by atoms with Crippen LogP contribution in [0.1, 0.15) is 23.1 Å². The van der Waals surface area contributed by atoms with Crippen molar-refractivity contribution in [1.82, 2.24) is 4.90 Å². The van der Waals surface area contributed by atoms with Gasteiger partial charge >= 0.3 is 0 Å². The van der Waals surface area contributed by atoms with E-state index in [1.165, 1.54) is 16.7 Å². The van der Waals surface area contributed by atoms with E-state index in [4.69, 9.17) is 5.73 Å². The minimum absolute atomic E-state index is 0.298. The van der Waals surface area contributed by atoms with Gasteiger partial charge in [-0.2, -0.15) is 0 Å². The third-order valence-electron chi connectivity index (χ3n) is 4.50. The summed E-state index contributed by atoms with van der Waals surface area (Å²) in [5.74, 6) is 0.663. The summed E-state index contributed by atoms with van der Waals surface area (Å²) in [6.07, 6.45) is 2.28. The zero-order valence-corrected chi connectivity index (χ0v) is 13.4. The summed E-state index contributed by atoms with van der Waals surface area (Å²) in [5, 5.41) is 0. The molecule has 2 nitrogen and oxygen atoms in total. The zero-order valence-electron chi connectivity index (χ0n) is 13.4. The molecule has 2 aromatic carbocycles. The lowest BCUT2D eigenvalue weighted by Gasteiger charge is -2.36. The van der Waals surface area contributed by atoms with E-state index in [0.717, 1.165) is 32.5 Å². The largest absolute Gasteiger partial charge is 0.327 e. The van der Waals surface area contributed by atoms with Crippen LogP contribution >= 0.6 is 0 Å². The summed E-state index contributed by atoms with van der Waals surface area (Å²) >= 11 is 0. The maximum Gasteiger partial charge on any atom is 0.0234 e. The molecule has 3 rings (SSSR count). The third-order valence-corrected chi connectivity index (χ3v) is 4.50. The Hall–Kier alpha value is -1.64. The fourth-order valence-electron chi connectivity index (χ4n) is 3.64. The van der Waals surface area contributed by atoms with Crippen LogP contribution in [0.2, 0.25) is 0 Å². The highest BCUT2D eigenvalue weighted by Gasteiger charge is 2.25. The lowest BCUT2D eigenvalue weighted by atomic mass is 9.89. The van der Waals surface area contributed by atoms with Gasteiger partial charge < -0.3 is 5.73 Å². The first-order chi connectivity index (χ1) is 10.7. The quantitative estimate of drug-likeness (QED) is 0.936. The Kier molecular flexibility index (Phi) is 4.91. The van der Waals surface area contributed by atoms with Gasteiger partial charge in [0.05, 0.1) is 0 Å². The highest BCUT2D eigenvalue weighted by molar-refractivity contribution is 5.22. The summed E-state index contributed by atoms with van der Waals surface area (Å²) in [4.78, 5) is 2.52. The van der Waals surface area contributed by atoms with Crippen molar-refractivity contribution >= 4 is 0 Å². The van der Waals surface area contributed by atoms with Gasteiger partial charge in [0.1, 0.15) is 0 Å². The normalized spacial score (nSPS) is 22.6. The number of nitrogens with zero attached hydrogens (tertiary/aromatic N) is 1. The van der Waals surface area contributed by atoms with E-state index in [2.05, 4.69) is 66.4 Å². The average Bonchev–Trinajstić information content (AvgIpc) is 2.47. The van der Waals surface area contributed by atoms with Gasteiger partial charge in [0.15, 0.2) is 0 Å². The summed E-state index contributed by atoms with van der Waals surface area (Å²) in [6.45, 7) is 5.33. The Bertz CT molecular complexity index is 594. The lowest BCUT2D eigenvalue weighted by Crippen LogP contribution is -2.47. The predicted octanol–water partition coefficient (Wildman–Crippen LogP) is 3.39. The third kappa shape index (κ3) is 4.19. The second kappa shape index (κ2) is 7.08. The van der Waals surface area contributed by atoms with Gasteiger partial charge in [-0.15, -0.1) is 0 Å². The van der Waals surface area contributed by atoms with Crippen LogP contribution in [-0.4, -0.2) is 24.0 Å². The Labute approximate surface area is 134 Å². The molecule has 22 heavy (non-hydrogen) atoms. The molecule has 2 aromatic rings. The van der Waals surface area contributed by atoms with E-state index in [1.54, 1.807) is 0 Å². The molecular weight excluding hydrogens is 268 g/mol. The Morgan fingerprint density at radius 1 is 1.00 bits per heavy atom. The van der Waals surface area contributed by atoms with Crippen molar-refractivity contribution in [1.29, 1.82) is 0 Å². The van der Waals surface area contributed by atoms with E-state index in [1.807, 2.05) is 0 Å². The van der Waals surface area contributed by atoms with Crippen LogP contribution in [-0.2, 0) is 13.0 Å². The maximum absolute atomic E-state index is 6.31. The van der Waals surface area contributed by atoms with Crippen molar-refractivity contribution in [3.05, 3.63) is 71.3 Å². The van der Waals surface area contributed by atoms with E-state index in [-0.39, 0.29) is 0 Å². The second-order valence-corrected chi connectivity index (χ2v) is 6.73.